The summed E-state index contributed by atoms with van der Waals surface area (Å²) in [6.07, 6.45) is 0.225. The lowest BCUT2D eigenvalue weighted by molar-refractivity contribution is -0.126. The van der Waals surface area contributed by atoms with Crippen molar-refractivity contribution in [1.82, 2.24) is 5.32 Å². The maximum absolute atomic E-state index is 12.3. The quantitative estimate of drug-likeness (QED) is 0.887. The molecule has 7 heteroatoms. The lowest BCUT2D eigenvalue weighted by atomic mass is 10.1. The van der Waals surface area contributed by atoms with Gasteiger partial charge in [-0.3, -0.25) is 9.59 Å². The Morgan fingerprint density at radius 1 is 1.33 bits per heavy atom. The third-order valence-corrected chi connectivity index (χ3v) is 5.18. The van der Waals surface area contributed by atoms with Crippen LogP contribution < -0.4 is 15.0 Å². The lowest BCUT2D eigenvalue weighted by Gasteiger charge is -2.17. The minimum Gasteiger partial charge on any atom is -0.497 e. The first-order chi connectivity index (χ1) is 11.6. The minimum absolute atomic E-state index is 0.0421. The summed E-state index contributed by atoms with van der Waals surface area (Å²) in [7, 11) is 1.59. The van der Waals surface area contributed by atoms with Gasteiger partial charge in [0.25, 0.3) is 0 Å². The maximum atomic E-state index is 12.3. The number of halogens is 1. The van der Waals surface area contributed by atoms with Gasteiger partial charge in [0.2, 0.25) is 11.8 Å². The van der Waals surface area contributed by atoms with Gasteiger partial charge in [-0.15, -0.1) is 11.3 Å². The van der Waals surface area contributed by atoms with E-state index in [1.807, 2.05) is 18.2 Å². The van der Waals surface area contributed by atoms with Gasteiger partial charge < -0.3 is 15.0 Å². The van der Waals surface area contributed by atoms with Crippen molar-refractivity contribution in [3.63, 3.8) is 0 Å². The van der Waals surface area contributed by atoms with Crippen LogP contribution in [0.2, 0.25) is 4.34 Å². The average Bonchev–Trinajstić information content (AvgIpc) is 3.18. The fraction of sp³-hybridized carbons (Fsp3) is 0.294. The van der Waals surface area contributed by atoms with E-state index in [-0.39, 0.29) is 24.2 Å². The number of nitrogens with one attached hydrogen (secondary N) is 1. The first-order valence-electron chi connectivity index (χ1n) is 7.53. The van der Waals surface area contributed by atoms with Crippen molar-refractivity contribution in [3.8, 4) is 5.75 Å². The van der Waals surface area contributed by atoms with Crippen LogP contribution in [0.25, 0.3) is 0 Å². The third-order valence-electron chi connectivity index (χ3n) is 3.95. The van der Waals surface area contributed by atoms with Gasteiger partial charge in [-0.1, -0.05) is 11.6 Å². The van der Waals surface area contributed by atoms with Crippen molar-refractivity contribution >= 4 is 40.4 Å². The first kappa shape index (κ1) is 16.8. The highest BCUT2D eigenvalue weighted by atomic mass is 35.5. The number of ether oxygens (including phenoxy) is 1. The average molecular weight is 365 g/mol. The van der Waals surface area contributed by atoms with Crippen LogP contribution in [-0.4, -0.2) is 25.5 Å². The molecule has 1 aromatic heterocycles. The van der Waals surface area contributed by atoms with Crippen molar-refractivity contribution in [2.75, 3.05) is 18.6 Å². The molecule has 0 spiro atoms. The zero-order chi connectivity index (χ0) is 17.1. The zero-order valence-corrected chi connectivity index (χ0v) is 14.7. The molecule has 1 saturated heterocycles. The Kier molecular flexibility index (Phi) is 5.06. The molecule has 2 aromatic rings. The first-order valence-corrected chi connectivity index (χ1v) is 8.72. The van der Waals surface area contributed by atoms with Gasteiger partial charge in [0, 0.05) is 23.5 Å². The molecule has 3 rings (SSSR count). The number of thiophene rings is 1. The predicted octanol–water partition coefficient (Wildman–Crippen LogP) is 3.08. The zero-order valence-electron chi connectivity index (χ0n) is 13.1. The molecule has 0 aliphatic carbocycles. The summed E-state index contributed by atoms with van der Waals surface area (Å²) in [4.78, 5) is 27.2. The van der Waals surface area contributed by atoms with Crippen molar-refractivity contribution in [2.45, 2.75) is 13.0 Å². The number of methoxy groups -OCH3 is 1. The molecule has 1 atom stereocenters. The number of amides is 2. The van der Waals surface area contributed by atoms with Crippen molar-refractivity contribution in [2.24, 2.45) is 5.92 Å². The maximum Gasteiger partial charge on any atom is 0.227 e. The van der Waals surface area contributed by atoms with Gasteiger partial charge >= 0.3 is 0 Å². The van der Waals surface area contributed by atoms with Gasteiger partial charge in [0.15, 0.2) is 0 Å². The number of anilines is 1. The Hall–Kier alpha value is -2.05. The Morgan fingerprint density at radius 3 is 2.71 bits per heavy atom. The second-order valence-electron chi connectivity index (χ2n) is 5.53. The number of hydrogen-bond donors (Lipinski definition) is 1. The Bertz CT molecular complexity index is 745. The third kappa shape index (κ3) is 3.71. The molecule has 126 valence electrons. The van der Waals surface area contributed by atoms with Gasteiger partial charge in [-0.05, 0) is 36.4 Å². The van der Waals surface area contributed by atoms with Crippen LogP contribution in [0.15, 0.2) is 36.4 Å². The number of benzene rings is 1. The molecular formula is C17H17ClN2O3S. The second kappa shape index (κ2) is 7.23. The molecule has 24 heavy (non-hydrogen) atoms. The summed E-state index contributed by atoms with van der Waals surface area (Å²) in [6.45, 7) is 0.825. The molecule has 0 radical (unpaired) electrons. The van der Waals surface area contributed by atoms with Gasteiger partial charge in [0.05, 0.1) is 23.9 Å². The second-order valence-corrected chi connectivity index (χ2v) is 7.33. The Morgan fingerprint density at radius 2 is 2.08 bits per heavy atom. The van der Waals surface area contributed by atoms with E-state index in [0.29, 0.717) is 17.4 Å². The van der Waals surface area contributed by atoms with Crippen LogP contribution in [0.1, 0.15) is 11.3 Å². The van der Waals surface area contributed by atoms with E-state index in [9.17, 15) is 9.59 Å². The van der Waals surface area contributed by atoms with Crippen molar-refractivity contribution in [3.05, 3.63) is 45.6 Å². The highest BCUT2D eigenvalue weighted by Gasteiger charge is 2.35. The SMILES string of the molecule is COc1ccc(N2CC(C(=O)NCc3ccc(Cl)s3)CC2=O)cc1. The monoisotopic (exact) mass is 364 g/mol. The molecule has 5 nitrogen and oxygen atoms in total. The lowest BCUT2D eigenvalue weighted by Crippen LogP contribution is -2.32. The largest absolute Gasteiger partial charge is 0.497 e. The van der Waals surface area contributed by atoms with Crippen LogP contribution in [0.4, 0.5) is 5.69 Å². The molecule has 1 aromatic carbocycles. The summed E-state index contributed by atoms with van der Waals surface area (Å²) < 4.78 is 5.81. The van der Waals surface area contributed by atoms with E-state index in [1.54, 1.807) is 30.2 Å². The molecule has 1 aliphatic rings. The number of rotatable bonds is 5. The predicted molar refractivity (Wildman–Crippen MR) is 94.6 cm³/mol. The van der Waals surface area contributed by atoms with Crippen molar-refractivity contribution in [1.29, 1.82) is 0 Å². The molecule has 1 fully saturated rings. The summed E-state index contributed by atoms with van der Waals surface area (Å²) in [5.41, 5.74) is 0.779. The number of nitrogens with zero attached hydrogens (tertiary/aromatic N) is 1. The Labute approximate surface area is 149 Å². The highest BCUT2D eigenvalue weighted by molar-refractivity contribution is 7.16. The van der Waals surface area contributed by atoms with E-state index in [0.717, 1.165) is 16.3 Å². The molecule has 1 unspecified atom stereocenters. The number of carbonyl (C=O) groups is 2. The summed E-state index contributed by atoms with van der Waals surface area (Å²) >= 11 is 7.31. The molecular weight excluding hydrogens is 348 g/mol. The van der Waals surface area contributed by atoms with E-state index in [1.165, 1.54) is 11.3 Å². The van der Waals surface area contributed by atoms with Crippen LogP contribution >= 0.6 is 22.9 Å². The molecule has 1 aliphatic heterocycles. The van der Waals surface area contributed by atoms with Gasteiger partial charge in [-0.25, -0.2) is 0 Å². The van der Waals surface area contributed by atoms with Crippen molar-refractivity contribution < 1.29 is 14.3 Å². The normalized spacial score (nSPS) is 17.2. The fourth-order valence-electron chi connectivity index (χ4n) is 2.66. The highest BCUT2D eigenvalue weighted by Crippen LogP contribution is 2.27. The Balaban J connectivity index is 1.59. The minimum atomic E-state index is -0.338. The molecule has 1 N–H and O–H groups in total. The van der Waals surface area contributed by atoms with E-state index >= 15 is 0 Å². The standard InChI is InChI=1S/C17H17ClN2O3S/c1-23-13-4-2-12(3-5-13)20-10-11(8-16(20)21)17(22)19-9-14-6-7-15(18)24-14/h2-7,11H,8-10H2,1H3,(H,19,22). The van der Waals surface area contributed by atoms with E-state index in [4.69, 9.17) is 16.3 Å². The van der Waals surface area contributed by atoms with E-state index in [2.05, 4.69) is 5.32 Å². The van der Waals surface area contributed by atoms with Crippen LogP contribution in [-0.2, 0) is 16.1 Å². The molecule has 2 amide bonds. The molecule has 0 saturated carbocycles. The van der Waals surface area contributed by atoms with Crippen LogP contribution in [0, 0.1) is 5.92 Å². The molecule has 0 bridgehead atoms. The van der Waals surface area contributed by atoms with Gasteiger partial charge in [0.1, 0.15) is 5.75 Å². The molecule has 2 heterocycles. The number of carbonyl (C=O) groups excluding carboxylic acids is 2. The summed E-state index contributed by atoms with van der Waals surface area (Å²) in [6, 6.07) is 10.9. The summed E-state index contributed by atoms with van der Waals surface area (Å²) in [5.74, 6) is 0.243. The number of hydrogen-bond acceptors (Lipinski definition) is 4. The fourth-order valence-corrected chi connectivity index (χ4v) is 3.69. The summed E-state index contributed by atoms with van der Waals surface area (Å²) in [5, 5.41) is 2.88. The van der Waals surface area contributed by atoms with Crippen LogP contribution in [0.5, 0.6) is 5.75 Å². The topological polar surface area (TPSA) is 58.6 Å². The van der Waals surface area contributed by atoms with E-state index < -0.39 is 0 Å². The van der Waals surface area contributed by atoms with Gasteiger partial charge in [-0.2, -0.15) is 0 Å². The smallest absolute Gasteiger partial charge is 0.227 e. The van der Waals surface area contributed by atoms with Crippen LogP contribution in [0.3, 0.4) is 0 Å².